The van der Waals surface area contributed by atoms with Gasteiger partial charge in [-0.25, -0.2) is 8.78 Å². The molecule has 4 aliphatic rings. The number of nitrogens with one attached hydrogen (secondary N) is 1. The Morgan fingerprint density at radius 3 is 2.64 bits per heavy atom. The molecule has 42 heavy (non-hydrogen) atoms. The first kappa shape index (κ1) is 27.3. The van der Waals surface area contributed by atoms with Crippen molar-refractivity contribution in [3.63, 3.8) is 0 Å². The predicted molar refractivity (Wildman–Crippen MR) is 160 cm³/mol. The monoisotopic (exact) mass is 573 g/mol. The van der Waals surface area contributed by atoms with E-state index in [-0.39, 0.29) is 17.2 Å². The number of alkyl halides is 1. The van der Waals surface area contributed by atoms with Crippen molar-refractivity contribution in [1.82, 2.24) is 30.2 Å². The van der Waals surface area contributed by atoms with Crippen molar-refractivity contribution >= 4 is 27.5 Å². The lowest BCUT2D eigenvalue weighted by Crippen LogP contribution is -2.51. The summed E-state index contributed by atoms with van der Waals surface area (Å²) < 4.78 is 34.1. The van der Waals surface area contributed by atoms with Gasteiger partial charge < -0.3 is 15.0 Å². The molecular formula is C32H37F2N7O. The van der Waals surface area contributed by atoms with Crippen LogP contribution in [0.3, 0.4) is 0 Å². The standard InChI is InChI=1S/C25H25FN6O.C7H12FN/c1-3-14-5-4-6-15-9-27-10-18(20(14)15)22-21(26)23-19(11-28-22)24(31-25(30-23)33-2)32-12-16-7-8-17(13-32)29-16;8-6-4-7-2-1-3-9(7)5-6/h4-6,9-11,16-17,29H,3,7-8,12-13H2,1-2H3;6-7H,1-5H2. The molecule has 8 rings (SSSR count). The predicted octanol–water partition coefficient (Wildman–Crippen LogP) is 5.08. The Morgan fingerprint density at radius 2 is 1.88 bits per heavy atom. The molecule has 4 aromatic rings. The van der Waals surface area contributed by atoms with Crippen LogP contribution in [-0.2, 0) is 6.42 Å². The Bertz CT molecular complexity index is 1590. The van der Waals surface area contributed by atoms with Gasteiger partial charge in [-0.05, 0) is 56.0 Å². The van der Waals surface area contributed by atoms with Gasteiger partial charge in [-0.15, -0.1) is 0 Å². The van der Waals surface area contributed by atoms with E-state index in [1.54, 1.807) is 18.6 Å². The number of halogens is 2. The summed E-state index contributed by atoms with van der Waals surface area (Å²) in [6.45, 7) is 5.59. The lowest BCUT2D eigenvalue weighted by Gasteiger charge is -2.34. The van der Waals surface area contributed by atoms with Crippen LogP contribution in [0.5, 0.6) is 6.01 Å². The van der Waals surface area contributed by atoms with E-state index < -0.39 is 12.0 Å². The summed E-state index contributed by atoms with van der Waals surface area (Å²) in [7, 11) is 1.51. The van der Waals surface area contributed by atoms with E-state index in [0.29, 0.717) is 41.4 Å². The van der Waals surface area contributed by atoms with Crippen LogP contribution in [0.4, 0.5) is 14.6 Å². The second kappa shape index (κ2) is 11.3. The molecule has 4 aliphatic heterocycles. The highest BCUT2D eigenvalue weighted by Crippen LogP contribution is 2.36. The Morgan fingerprint density at radius 1 is 1.05 bits per heavy atom. The molecule has 1 N–H and O–H groups in total. The molecule has 3 aromatic heterocycles. The van der Waals surface area contributed by atoms with Crippen molar-refractivity contribution < 1.29 is 13.5 Å². The van der Waals surface area contributed by atoms with Gasteiger partial charge in [-0.3, -0.25) is 14.9 Å². The first-order valence-electron chi connectivity index (χ1n) is 15.2. The number of piperazine rings is 1. The quantitative estimate of drug-likeness (QED) is 0.362. The molecule has 0 amide bonds. The summed E-state index contributed by atoms with van der Waals surface area (Å²) in [4.78, 5) is 22.4. The highest BCUT2D eigenvalue weighted by atomic mass is 19.1. The molecule has 8 nitrogen and oxygen atoms in total. The molecule has 0 aliphatic carbocycles. The summed E-state index contributed by atoms with van der Waals surface area (Å²) >= 11 is 0. The summed E-state index contributed by atoms with van der Waals surface area (Å²) in [5, 5.41) is 6.16. The maximum atomic E-state index is 16.1. The zero-order chi connectivity index (χ0) is 28.8. The molecule has 4 fully saturated rings. The third-order valence-corrected chi connectivity index (χ3v) is 9.31. The van der Waals surface area contributed by atoms with E-state index >= 15 is 4.39 Å². The van der Waals surface area contributed by atoms with Gasteiger partial charge >= 0.3 is 6.01 Å². The van der Waals surface area contributed by atoms with E-state index in [1.165, 1.54) is 20.0 Å². The number of fused-ring (bicyclic) bond motifs is 5. The van der Waals surface area contributed by atoms with Crippen LogP contribution in [0.1, 0.15) is 44.6 Å². The van der Waals surface area contributed by atoms with E-state index in [2.05, 4.69) is 48.0 Å². The Balaban J connectivity index is 0.000000272. The molecule has 10 heteroatoms. The zero-order valence-corrected chi connectivity index (χ0v) is 24.2. The number of aryl methyl sites for hydroxylation is 1. The third-order valence-electron chi connectivity index (χ3n) is 9.31. The average Bonchev–Trinajstić information content (AvgIpc) is 3.70. The maximum Gasteiger partial charge on any atom is 0.318 e. The van der Waals surface area contributed by atoms with E-state index in [0.717, 1.165) is 61.7 Å². The van der Waals surface area contributed by atoms with Gasteiger partial charge in [0.2, 0.25) is 0 Å². The lowest BCUT2D eigenvalue weighted by molar-refractivity contribution is 0.292. The smallest absolute Gasteiger partial charge is 0.318 e. The largest absolute Gasteiger partial charge is 0.467 e. The molecule has 0 spiro atoms. The first-order chi connectivity index (χ1) is 20.5. The molecule has 7 heterocycles. The molecule has 4 atom stereocenters. The van der Waals surface area contributed by atoms with Crippen LogP contribution in [0.2, 0.25) is 0 Å². The first-order valence-corrected chi connectivity index (χ1v) is 15.2. The number of hydrogen-bond acceptors (Lipinski definition) is 8. The van der Waals surface area contributed by atoms with E-state index in [1.807, 2.05) is 12.1 Å². The van der Waals surface area contributed by atoms with E-state index in [4.69, 9.17) is 4.74 Å². The van der Waals surface area contributed by atoms with Crippen molar-refractivity contribution in [2.24, 2.45) is 0 Å². The van der Waals surface area contributed by atoms with Gasteiger partial charge in [0, 0.05) is 67.3 Å². The van der Waals surface area contributed by atoms with Crippen molar-refractivity contribution in [1.29, 1.82) is 0 Å². The number of nitrogens with zero attached hydrogens (tertiary/aromatic N) is 6. The minimum atomic E-state index is -0.518. The Hall–Kier alpha value is -3.50. The molecule has 2 bridgehead atoms. The molecular weight excluding hydrogens is 536 g/mol. The van der Waals surface area contributed by atoms with Crippen LogP contribution >= 0.6 is 0 Å². The zero-order valence-electron chi connectivity index (χ0n) is 24.2. The highest BCUT2D eigenvalue weighted by Gasteiger charge is 2.35. The normalized spacial score (nSPS) is 25.1. The average molecular weight is 574 g/mol. The second-order valence-corrected chi connectivity index (χ2v) is 11.9. The van der Waals surface area contributed by atoms with Crippen LogP contribution < -0.4 is 15.0 Å². The summed E-state index contributed by atoms with van der Waals surface area (Å²) in [5.41, 5.74) is 2.26. The number of rotatable bonds is 4. The molecule has 1 aromatic carbocycles. The number of methoxy groups -OCH3 is 1. The van der Waals surface area contributed by atoms with Crippen LogP contribution in [0, 0.1) is 5.82 Å². The fourth-order valence-corrected chi connectivity index (χ4v) is 7.33. The molecule has 4 saturated heterocycles. The summed E-state index contributed by atoms with van der Waals surface area (Å²) in [6.07, 6.45) is 11.1. The van der Waals surface area contributed by atoms with Crippen molar-refractivity contribution in [2.75, 3.05) is 38.2 Å². The summed E-state index contributed by atoms with van der Waals surface area (Å²) in [6, 6.07) is 7.67. The maximum absolute atomic E-state index is 16.1. The van der Waals surface area contributed by atoms with Crippen molar-refractivity contribution in [2.45, 2.75) is 69.7 Å². The van der Waals surface area contributed by atoms with Gasteiger partial charge in [0.15, 0.2) is 5.82 Å². The Labute approximate surface area is 244 Å². The lowest BCUT2D eigenvalue weighted by atomic mass is 9.97. The van der Waals surface area contributed by atoms with E-state index in [9.17, 15) is 4.39 Å². The number of anilines is 1. The van der Waals surface area contributed by atoms with Gasteiger partial charge in [-0.1, -0.05) is 25.1 Å². The van der Waals surface area contributed by atoms with Gasteiger partial charge in [-0.2, -0.15) is 9.97 Å². The molecule has 220 valence electrons. The van der Waals surface area contributed by atoms with Crippen molar-refractivity contribution in [3.05, 3.63) is 48.2 Å². The van der Waals surface area contributed by atoms with Crippen LogP contribution in [-0.4, -0.2) is 82.4 Å². The number of hydrogen-bond donors (Lipinski definition) is 1. The second-order valence-electron chi connectivity index (χ2n) is 11.9. The SMILES string of the molecule is CCc1cccc2cncc(-c3ncc4c(N5CC6CCC(C5)N6)nc(OC)nc4c3F)c12.FC1CC2CCCN2C1. The fraction of sp³-hybridized carbons (Fsp3) is 0.500. The van der Waals surface area contributed by atoms with Crippen molar-refractivity contribution in [3.8, 4) is 17.3 Å². The molecule has 0 radical (unpaired) electrons. The number of benzene rings is 1. The third kappa shape index (κ3) is 4.94. The van der Waals surface area contributed by atoms with Gasteiger partial charge in [0.05, 0.1) is 12.5 Å². The van der Waals surface area contributed by atoms with Crippen LogP contribution in [0.25, 0.3) is 32.9 Å². The minimum absolute atomic E-state index is 0.157. The Kier molecular flexibility index (Phi) is 7.35. The summed E-state index contributed by atoms with van der Waals surface area (Å²) in [5.74, 6) is 0.200. The minimum Gasteiger partial charge on any atom is -0.467 e. The van der Waals surface area contributed by atoms with Gasteiger partial charge in [0.25, 0.3) is 0 Å². The number of pyridine rings is 2. The number of aromatic nitrogens is 4. The number of ether oxygens (including phenoxy) is 1. The molecule has 0 saturated carbocycles. The highest BCUT2D eigenvalue weighted by molar-refractivity contribution is 6.00. The fourth-order valence-electron chi connectivity index (χ4n) is 7.33. The molecule has 4 unspecified atom stereocenters. The van der Waals surface area contributed by atoms with Crippen LogP contribution in [0.15, 0.2) is 36.8 Å². The topological polar surface area (TPSA) is 79.3 Å². The van der Waals surface area contributed by atoms with Gasteiger partial charge in [0.1, 0.15) is 23.2 Å².